The van der Waals surface area contributed by atoms with Gasteiger partial charge in [0, 0.05) is 75.4 Å². The fraction of sp³-hybridized carbons (Fsp3) is 0.821. The lowest BCUT2D eigenvalue weighted by Gasteiger charge is -2.48. The molecule has 2 saturated heterocycles. The number of ether oxygens (including phenoxy) is 7. The van der Waals surface area contributed by atoms with Crippen molar-refractivity contribution >= 4 is 71.1 Å². The number of hydrogen-bond donors (Lipinski definition) is 0. The first-order valence-electron chi connectivity index (χ1n) is 13.6. The molecular weight excluding hydrogens is 830 g/mol. The van der Waals surface area contributed by atoms with E-state index >= 15 is 0 Å². The van der Waals surface area contributed by atoms with Crippen LogP contribution in [0.15, 0.2) is 12.2 Å². The summed E-state index contributed by atoms with van der Waals surface area (Å²) in [4.78, 5) is 32.6. The molecule has 41 heavy (non-hydrogen) atoms. The maximum absolute atomic E-state index is 11.0. The van der Waals surface area contributed by atoms with Crippen LogP contribution in [0.5, 0.6) is 0 Å². The SMILES string of the molecule is COC(=O)/C=C/CC1(CBr)OCCO1.COC(=O)CC1CC(C)(C)C1.COC(=O)CC1CC2(C1)OCCCO2.II. The van der Waals surface area contributed by atoms with Gasteiger partial charge in [0.2, 0.25) is 0 Å². The van der Waals surface area contributed by atoms with Crippen LogP contribution in [-0.2, 0) is 47.5 Å². The van der Waals surface area contributed by atoms with Crippen LogP contribution in [0.2, 0.25) is 0 Å². The minimum absolute atomic E-state index is 0.0644. The van der Waals surface area contributed by atoms with E-state index in [4.69, 9.17) is 18.9 Å². The van der Waals surface area contributed by atoms with Crippen molar-refractivity contribution in [2.45, 2.75) is 76.8 Å². The van der Waals surface area contributed by atoms with Crippen molar-refractivity contribution in [3.05, 3.63) is 12.2 Å². The second-order valence-electron chi connectivity index (χ2n) is 11.1. The van der Waals surface area contributed by atoms with Gasteiger partial charge in [0.05, 0.1) is 53.1 Å². The summed E-state index contributed by atoms with van der Waals surface area (Å²) in [5.41, 5.74) is 0.471. The van der Waals surface area contributed by atoms with Gasteiger partial charge in [0.15, 0.2) is 11.6 Å². The van der Waals surface area contributed by atoms with E-state index in [1.54, 1.807) is 6.08 Å². The van der Waals surface area contributed by atoms with Crippen molar-refractivity contribution in [2.75, 3.05) is 53.1 Å². The van der Waals surface area contributed by atoms with Gasteiger partial charge in [-0.3, -0.25) is 9.59 Å². The Labute approximate surface area is 276 Å². The summed E-state index contributed by atoms with van der Waals surface area (Å²) >= 11 is 7.56. The Bertz CT molecular complexity index is 811. The molecule has 0 radical (unpaired) electrons. The standard InChI is InChI=1S/C10H16O4.C9H13BrO4.C9H16O2.I2/c1-12-9(11)5-8-6-10(7-8)13-3-2-4-14-10;1-12-8(11)3-2-4-9(7-10)13-5-6-14-9;1-9(2)5-7(6-9)4-8(10)11-3;1-2/h8H,2-7H2,1H3;2-3H,4-7H2,1H3;7H,4-6H2,1-3H3;/b;3-2+;;. The van der Waals surface area contributed by atoms with Crippen molar-refractivity contribution in [3.63, 3.8) is 0 Å². The van der Waals surface area contributed by atoms with Crippen molar-refractivity contribution < 1.29 is 47.5 Å². The summed E-state index contributed by atoms with van der Waals surface area (Å²) in [5.74, 6) is -0.571. The van der Waals surface area contributed by atoms with Crippen LogP contribution in [0.25, 0.3) is 0 Å². The molecule has 10 nitrogen and oxygen atoms in total. The highest BCUT2D eigenvalue weighted by atomic mass is 128. The highest BCUT2D eigenvalue weighted by Crippen LogP contribution is 2.46. The molecule has 0 aromatic rings. The third-order valence-corrected chi connectivity index (χ3v) is 8.02. The number of carbonyl (C=O) groups is 3. The predicted octanol–water partition coefficient (Wildman–Crippen LogP) is 6.09. The van der Waals surface area contributed by atoms with Crippen LogP contribution in [0.3, 0.4) is 0 Å². The van der Waals surface area contributed by atoms with E-state index in [0.717, 1.165) is 32.5 Å². The molecule has 0 aromatic carbocycles. The Morgan fingerprint density at radius 3 is 1.71 bits per heavy atom. The van der Waals surface area contributed by atoms with Gasteiger partial charge in [0.25, 0.3) is 0 Å². The van der Waals surface area contributed by atoms with Gasteiger partial charge in [-0.05, 0) is 36.5 Å². The summed E-state index contributed by atoms with van der Waals surface area (Å²) in [6.07, 6.45) is 9.68. The smallest absolute Gasteiger partial charge is 0.330 e. The predicted molar refractivity (Wildman–Crippen MR) is 174 cm³/mol. The van der Waals surface area contributed by atoms with Gasteiger partial charge in [0.1, 0.15) is 0 Å². The third kappa shape index (κ3) is 14.5. The zero-order valence-electron chi connectivity index (χ0n) is 24.7. The van der Waals surface area contributed by atoms with E-state index in [9.17, 15) is 14.4 Å². The zero-order valence-corrected chi connectivity index (χ0v) is 30.6. The molecule has 0 amide bonds. The van der Waals surface area contributed by atoms with Crippen LogP contribution in [0, 0.1) is 17.3 Å². The molecule has 2 heterocycles. The Kier molecular flexibility index (Phi) is 19.1. The molecule has 238 valence electrons. The quantitative estimate of drug-likeness (QED) is 0.0934. The van der Waals surface area contributed by atoms with Crippen molar-refractivity contribution in [3.8, 4) is 0 Å². The Morgan fingerprint density at radius 2 is 1.29 bits per heavy atom. The van der Waals surface area contributed by atoms with E-state index in [0.29, 0.717) is 55.1 Å². The summed E-state index contributed by atoms with van der Waals surface area (Å²) in [7, 11) is 4.21. The largest absolute Gasteiger partial charge is 0.469 e. The van der Waals surface area contributed by atoms with E-state index < -0.39 is 5.79 Å². The van der Waals surface area contributed by atoms with Crippen LogP contribution < -0.4 is 0 Å². The first-order valence-corrected chi connectivity index (χ1v) is 21.0. The van der Waals surface area contributed by atoms with Crippen molar-refractivity contribution in [2.24, 2.45) is 17.3 Å². The van der Waals surface area contributed by atoms with Crippen LogP contribution in [0.4, 0.5) is 0 Å². The van der Waals surface area contributed by atoms with Gasteiger partial charge in [-0.15, -0.1) is 0 Å². The minimum Gasteiger partial charge on any atom is -0.469 e. The Balaban J connectivity index is 0.000000301. The molecule has 4 fully saturated rings. The van der Waals surface area contributed by atoms with E-state index in [-0.39, 0.29) is 23.7 Å². The topological polar surface area (TPSA) is 116 Å². The summed E-state index contributed by atoms with van der Waals surface area (Å²) in [5, 5.41) is 0.589. The maximum atomic E-state index is 11.0. The van der Waals surface area contributed by atoms with E-state index in [1.807, 2.05) is 0 Å². The number of esters is 3. The minimum atomic E-state index is -0.607. The van der Waals surface area contributed by atoms with Gasteiger partial charge in [-0.25, -0.2) is 4.79 Å². The van der Waals surface area contributed by atoms with Crippen LogP contribution >= 0.6 is 53.2 Å². The first kappa shape index (κ1) is 39.0. The molecule has 0 atom stereocenters. The van der Waals surface area contributed by atoms with Crippen LogP contribution in [-0.4, -0.2) is 82.6 Å². The molecular formula is C28H45BrI2O10. The highest BCUT2D eigenvalue weighted by molar-refractivity contribution is 15.0. The lowest BCUT2D eigenvalue weighted by Crippen LogP contribution is -2.51. The number of hydrogen-bond acceptors (Lipinski definition) is 10. The Hall–Kier alpha value is -0.0700. The van der Waals surface area contributed by atoms with E-state index in [2.05, 4.69) is 81.2 Å². The molecule has 2 saturated carbocycles. The molecule has 0 unspecified atom stereocenters. The molecule has 4 rings (SSSR count). The third-order valence-electron chi connectivity index (χ3n) is 7.17. The average molecular weight is 875 g/mol. The Morgan fingerprint density at radius 1 is 0.805 bits per heavy atom. The number of alkyl halides is 1. The van der Waals surface area contributed by atoms with Crippen molar-refractivity contribution in [1.29, 1.82) is 0 Å². The van der Waals surface area contributed by atoms with Gasteiger partial charge in [-0.2, -0.15) is 0 Å². The van der Waals surface area contributed by atoms with Gasteiger partial charge in [-0.1, -0.05) is 35.9 Å². The molecule has 13 heteroatoms. The number of methoxy groups -OCH3 is 3. The molecule has 1 spiro atoms. The van der Waals surface area contributed by atoms with Gasteiger partial charge >= 0.3 is 17.9 Å². The second-order valence-corrected chi connectivity index (χ2v) is 11.7. The lowest BCUT2D eigenvalue weighted by molar-refractivity contribution is -0.318. The van der Waals surface area contributed by atoms with Crippen molar-refractivity contribution in [1.82, 2.24) is 0 Å². The van der Waals surface area contributed by atoms with Gasteiger partial charge < -0.3 is 33.2 Å². The summed E-state index contributed by atoms with van der Waals surface area (Å²) < 4.78 is 35.7. The monoisotopic (exact) mass is 874 g/mol. The number of halogens is 3. The molecule has 0 bridgehead atoms. The molecule has 0 aromatic heterocycles. The normalized spacial score (nSPS) is 23.2. The molecule has 2 aliphatic heterocycles. The second kappa shape index (κ2) is 20.1. The molecule has 4 aliphatic rings. The fourth-order valence-corrected chi connectivity index (χ4v) is 5.80. The zero-order chi connectivity index (χ0) is 30.9. The molecule has 0 N–H and O–H groups in total. The number of rotatable bonds is 8. The fourth-order valence-electron chi connectivity index (χ4n) is 5.25. The number of carbonyl (C=O) groups excluding carboxylic acids is 3. The lowest BCUT2D eigenvalue weighted by atomic mass is 9.63. The van der Waals surface area contributed by atoms with E-state index in [1.165, 1.54) is 40.2 Å². The summed E-state index contributed by atoms with van der Waals surface area (Å²) in [6, 6.07) is 0. The van der Waals surface area contributed by atoms with Crippen LogP contribution in [0.1, 0.15) is 65.2 Å². The average Bonchev–Trinajstić information content (AvgIpc) is 3.42. The highest BCUT2D eigenvalue weighted by Gasteiger charge is 2.48. The summed E-state index contributed by atoms with van der Waals surface area (Å²) in [6.45, 7) is 7.23. The first-order chi connectivity index (χ1) is 19.5. The maximum Gasteiger partial charge on any atom is 0.330 e. The molecule has 2 aliphatic carbocycles.